The Kier molecular flexibility index (Phi) is 5.36. The van der Waals surface area contributed by atoms with Crippen LogP contribution in [0.5, 0.6) is 0 Å². The van der Waals surface area contributed by atoms with E-state index in [9.17, 15) is 9.59 Å². The van der Waals surface area contributed by atoms with Crippen LogP contribution in [0.4, 0.5) is 5.69 Å². The average Bonchev–Trinajstić information content (AvgIpc) is 2.25. The molecule has 0 aliphatic rings. The molecule has 0 radical (unpaired) electrons. The Morgan fingerprint density at radius 3 is 2.22 bits per heavy atom. The summed E-state index contributed by atoms with van der Waals surface area (Å²) < 4.78 is 0. The van der Waals surface area contributed by atoms with Gasteiger partial charge in [-0.05, 0) is 43.5 Å². The van der Waals surface area contributed by atoms with Gasteiger partial charge in [0.1, 0.15) is 0 Å². The van der Waals surface area contributed by atoms with E-state index in [1.54, 1.807) is 0 Å². The first-order chi connectivity index (χ1) is 8.51. The van der Waals surface area contributed by atoms with Gasteiger partial charge in [-0.1, -0.05) is 13.0 Å². The number of hydrogen-bond donors (Lipinski definition) is 2. The Bertz CT molecular complexity index is 421. The minimum atomic E-state index is -0.204. The van der Waals surface area contributed by atoms with Gasteiger partial charge < -0.3 is 10.6 Å². The molecule has 1 rings (SSSR count). The Labute approximate surface area is 108 Å². The van der Waals surface area contributed by atoms with E-state index in [0.717, 1.165) is 23.2 Å². The first kappa shape index (κ1) is 14.2. The number of carbonyl (C=O) groups excluding carboxylic acids is 2. The third-order valence-corrected chi connectivity index (χ3v) is 2.43. The van der Waals surface area contributed by atoms with Crippen LogP contribution in [-0.2, 0) is 9.59 Å². The number of nitrogens with one attached hydrogen (secondary N) is 2. The summed E-state index contributed by atoms with van der Waals surface area (Å²) in [6, 6.07) is 5.84. The van der Waals surface area contributed by atoms with Crippen molar-refractivity contribution < 1.29 is 9.59 Å². The molecule has 1 aromatic carbocycles. The van der Waals surface area contributed by atoms with Crippen molar-refractivity contribution in [3.8, 4) is 0 Å². The molecule has 0 fully saturated rings. The maximum absolute atomic E-state index is 11.6. The second-order valence-corrected chi connectivity index (χ2v) is 4.45. The van der Waals surface area contributed by atoms with E-state index < -0.39 is 0 Å². The highest BCUT2D eigenvalue weighted by Crippen LogP contribution is 2.13. The summed E-state index contributed by atoms with van der Waals surface area (Å²) in [6.07, 6.45) is 1.24. The first-order valence-electron chi connectivity index (χ1n) is 6.16. The molecule has 0 aromatic heterocycles. The van der Waals surface area contributed by atoms with Crippen molar-refractivity contribution in [2.75, 3.05) is 11.9 Å². The maximum Gasteiger partial charge on any atom is 0.243 e. The second-order valence-electron chi connectivity index (χ2n) is 4.45. The molecule has 2 amide bonds. The number of hydrogen-bond acceptors (Lipinski definition) is 2. The zero-order valence-electron chi connectivity index (χ0n) is 11.2. The summed E-state index contributed by atoms with van der Waals surface area (Å²) in [5.41, 5.74) is 2.96. The molecule has 0 saturated carbocycles. The average molecular weight is 248 g/mol. The number of rotatable bonds is 5. The smallest absolute Gasteiger partial charge is 0.243 e. The zero-order chi connectivity index (χ0) is 13.5. The fourth-order valence-corrected chi connectivity index (χ4v) is 1.75. The summed E-state index contributed by atoms with van der Waals surface area (Å²) in [7, 11) is 0. The van der Waals surface area contributed by atoms with Crippen LogP contribution in [0.3, 0.4) is 0 Å². The SMILES string of the molecule is CCCC(=O)NCC(=O)Nc1cc(C)cc(C)c1. The number of anilines is 1. The molecule has 0 bridgehead atoms. The van der Waals surface area contributed by atoms with Gasteiger partial charge in [0.25, 0.3) is 0 Å². The van der Waals surface area contributed by atoms with Crippen LogP contribution in [0.1, 0.15) is 30.9 Å². The van der Waals surface area contributed by atoms with Gasteiger partial charge in [0.15, 0.2) is 0 Å². The predicted octanol–water partition coefficient (Wildman–Crippen LogP) is 2.16. The van der Waals surface area contributed by atoms with E-state index in [1.165, 1.54) is 0 Å². The van der Waals surface area contributed by atoms with Crippen molar-refractivity contribution >= 4 is 17.5 Å². The zero-order valence-corrected chi connectivity index (χ0v) is 11.2. The van der Waals surface area contributed by atoms with E-state index >= 15 is 0 Å². The van der Waals surface area contributed by atoms with Crippen LogP contribution in [0, 0.1) is 13.8 Å². The third kappa shape index (κ3) is 4.99. The highest BCUT2D eigenvalue weighted by Gasteiger charge is 2.05. The highest BCUT2D eigenvalue weighted by atomic mass is 16.2. The molecule has 0 spiro atoms. The minimum absolute atomic E-state index is 0.0197. The quantitative estimate of drug-likeness (QED) is 0.839. The summed E-state index contributed by atoms with van der Waals surface area (Å²) in [5, 5.41) is 5.35. The van der Waals surface area contributed by atoms with E-state index in [0.29, 0.717) is 6.42 Å². The lowest BCUT2D eigenvalue weighted by atomic mass is 10.1. The van der Waals surface area contributed by atoms with Gasteiger partial charge in [0, 0.05) is 12.1 Å². The van der Waals surface area contributed by atoms with Gasteiger partial charge in [-0.3, -0.25) is 9.59 Å². The fraction of sp³-hybridized carbons (Fsp3) is 0.429. The summed E-state index contributed by atoms with van der Waals surface area (Å²) >= 11 is 0. The molecule has 4 nitrogen and oxygen atoms in total. The minimum Gasteiger partial charge on any atom is -0.347 e. The van der Waals surface area contributed by atoms with Crippen molar-refractivity contribution in [2.45, 2.75) is 33.6 Å². The summed E-state index contributed by atoms with van der Waals surface area (Å²) in [6.45, 7) is 5.90. The van der Waals surface area contributed by atoms with Crippen LogP contribution in [0.2, 0.25) is 0 Å². The van der Waals surface area contributed by atoms with Crippen LogP contribution < -0.4 is 10.6 Å². The second kappa shape index (κ2) is 6.79. The Hall–Kier alpha value is -1.84. The largest absolute Gasteiger partial charge is 0.347 e. The van der Waals surface area contributed by atoms with Crippen LogP contribution >= 0.6 is 0 Å². The van der Waals surface area contributed by atoms with Crippen molar-refractivity contribution in [2.24, 2.45) is 0 Å². The van der Waals surface area contributed by atoms with Gasteiger partial charge in [-0.2, -0.15) is 0 Å². The number of amides is 2. The molecule has 98 valence electrons. The highest BCUT2D eigenvalue weighted by molar-refractivity contribution is 5.94. The normalized spacial score (nSPS) is 9.94. The molecule has 4 heteroatoms. The van der Waals surface area contributed by atoms with E-state index in [1.807, 2.05) is 39.0 Å². The molecule has 0 saturated heterocycles. The van der Waals surface area contributed by atoms with Crippen molar-refractivity contribution in [3.63, 3.8) is 0 Å². The lowest BCUT2D eigenvalue weighted by molar-refractivity contribution is -0.124. The molecule has 2 N–H and O–H groups in total. The Balaban J connectivity index is 2.47. The van der Waals surface area contributed by atoms with Gasteiger partial charge in [0.2, 0.25) is 11.8 Å². The molecular formula is C14H20N2O2. The molecule has 1 aromatic rings. The first-order valence-corrected chi connectivity index (χ1v) is 6.16. The molecule has 0 heterocycles. The fourth-order valence-electron chi connectivity index (χ4n) is 1.75. The van der Waals surface area contributed by atoms with Crippen LogP contribution in [0.25, 0.3) is 0 Å². The van der Waals surface area contributed by atoms with E-state index in [-0.39, 0.29) is 18.4 Å². The molecule has 18 heavy (non-hydrogen) atoms. The van der Waals surface area contributed by atoms with Crippen molar-refractivity contribution in [3.05, 3.63) is 29.3 Å². The van der Waals surface area contributed by atoms with Gasteiger partial charge >= 0.3 is 0 Å². The van der Waals surface area contributed by atoms with Gasteiger partial charge in [0.05, 0.1) is 6.54 Å². The lowest BCUT2D eigenvalue weighted by Crippen LogP contribution is -2.32. The van der Waals surface area contributed by atoms with Crippen molar-refractivity contribution in [1.29, 1.82) is 0 Å². The summed E-state index contributed by atoms with van der Waals surface area (Å²) in [5.74, 6) is -0.294. The van der Waals surface area contributed by atoms with Crippen LogP contribution in [-0.4, -0.2) is 18.4 Å². The predicted molar refractivity (Wildman–Crippen MR) is 72.5 cm³/mol. The standard InChI is InChI=1S/C14H20N2O2/c1-4-5-13(17)15-9-14(18)16-12-7-10(2)6-11(3)8-12/h6-8H,4-5,9H2,1-3H3,(H,15,17)(H,16,18). The van der Waals surface area contributed by atoms with Crippen LogP contribution in [0.15, 0.2) is 18.2 Å². The lowest BCUT2D eigenvalue weighted by Gasteiger charge is -2.08. The molecule has 0 aliphatic heterocycles. The molecule has 0 aliphatic carbocycles. The number of aryl methyl sites for hydroxylation is 2. The number of benzene rings is 1. The third-order valence-electron chi connectivity index (χ3n) is 2.43. The summed E-state index contributed by atoms with van der Waals surface area (Å²) in [4.78, 5) is 22.8. The van der Waals surface area contributed by atoms with Gasteiger partial charge in [-0.15, -0.1) is 0 Å². The maximum atomic E-state index is 11.6. The molecule has 0 atom stereocenters. The Morgan fingerprint density at radius 2 is 1.67 bits per heavy atom. The van der Waals surface area contributed by atoms with Gasteiger partial charge in [-0.25, -0.2) is 0 Å². The topological polar surface area (TPSA) is 58.2 Å². The number of carbonyl (C=O) groups is 2. The molecular weight excluding hydrogens is 228 g/mol. The monoisotopic (exact) mass is 248 g/mol. The van der Waals surface area contributed by atoms with E-state index in [2.05, 4.69) is 10.6 Å². The van der Waals surface area contributed by atoms with Crippen molar-refractivity contribution in [1.82, 2.24) is 5.32 Å². The van der Waals surface area contributed by atoms with E-state index in [4.69, 9.17) is 0 Å². The Morgan fingerprint density at radius 1 is 1.06 bits per heavy atom. The molecule has 0 unspecified atom stereocenters.